The second kappa shape index (κ2) is 11.4. The van der Waals surface area contributed by atoms with Crippen LogP contribution in [0.2, 0.25) is 0 Å². The number of hydrogen-bond acceptors (Lipinski definition) is 10. The maximum Gasteiger partial charge on any atom is 0.345 e. The summed E-state index contributed by atoms with van der Waals surface area (Å²) in [6, 6.07) is 5.18. The van der Waals surface area contributed by atoms with Gasteiger partial charge in [0.1, 0.15) is 35.4 Å². The van der Waals surface area contributed by atoms with E-state index in [1.54, 1.807) is 30.6 Å². The molecule has 2 aliphatic carbocycles. The van der Waals surface area contributed by atoms with Gasteiger partial charge >= 0.3 is 17.6 Å². The molecule has 3 heterocycles. The first-order chi connectivity index (χ1) is 20.2. The van der Waals surface area contributed by atoms with Gasteiger partial charge in [-0.05, 0) is 55.6 Å². The van der Waals surface area contributed by atoms with Crippen LogP contribution in [0.25, 0.3) is 11.3 Å². The average Bonchev–Trinajstić information content (AvgIpc) is 2.92. The number of carbonyl (C=O) groups is 2. The van der Waals surface area contributed by atoms with Crippen LogP contribution in [-0.2, 0) is 23.8 Å². The molecule has 8 atom stereocenters. The molecule has 1 N–H and O–H groups in total. The van der Waals surface area contributed by atoms with Crippen molar-refractivity contribution in [1.82, 2.24) is 4.98 Å². The highest BCUT2D eigenvalue weighted by Gasteiger charge is 2.70. The smallest absolute Gasteiger partial charge is 0.345 e. The first-order valence-corrected chi connectivity index (χ1v) is 15.1. The van der Waals surface area contributed by atoms with Gasteiger partial charge in [0.2, 0.25) is 0 Å². The van der Waals surface area contributed by atoms with E-state index in [0.29, 0.717) is 37.2 Å². The number of hydrogen-bond donors (Lipinski definition) is 1. The number of pyridine rings is 1. The molecule has 2 aromatic heterocycles. The summed E-state index contributed by atoms with van der Waals surface area (Å²) in [6.45, 7) is 13.4. The summed E-state index contributed by atoms with van der Waals surface area (Å²) >= 11 is 0. The molecule has 2 aromatic rings. The molecule has 3 unspecified atom stereocenters. The van der Waals surface area contributed by atoms with Gasteiger partial charge in [0, 0.05) is 55.8 Å². The Kier molecular flexibility index (Phi) is 8.24. The van der Waals surface area contributed by atoms with Crippen molar-refractivity contribution in [2.24, 2.45) is 28.6 Å². The number of nitrogens with zero attached hydrogens (tertiary/aromatic N) is 1. The molecule has 5 rings (SSSR count). The molecule has 43 heavy (non-hydrogen) atoms. The van der Waals surface area contributed by atoms with Crippen molar-refractivity contribution in [3.05, 3.63) is 46.6 Å². The SMILES string of the molecule is CC(=O)OCC1(C)C2C[C@H](OCC(C)C)[C@@]3(C)Oc4cc(-c5cccnc5)oc(=O)c4[C@H](O)C3[C@@]2(C)CC[C@@H]1OC(C)=O. The topological polar surface area (TPSA) is 134 Å². The predicted molar refractivity (Wildman–Crippen MR) is 156 cm³/mol. The van der Waals surface area contributed by atoms with E-state index in [4.69, 9.17) is 23.4 Å². The number of aliphatic hydroxyl groups excluding tert-OH is 1. The van der Waals surface area contributed by atoms with E-state index in [2.05, 4.69) is 25.8 Å². The van der Waals surface area contributed by atoms with Crippen molar-refractivity contribution >= 4 is 11.9 Å². The van der Waals surface area contributed by atoms with E-state index >= 15 is 0 Å². The number of ether oxygens (including phenoxy) is 4. The van der Waals surface area contributed by atoms with Gasteiger partial charge in [-0.2, -0.15) is 0 Å². The van der Waals surface area contributed by atoms with Crippen LogP contribution in [-0.4, -0.2) is 53.1 Å². The lowest BCUT2D eigenvalue weighted by Gasteiger charge is -2.66. The number of aliphatic hydroxyl groups is 1. The third-order valence-electron chi connectivity index (χ3n) is 10.1. The Morgan fingerprint density at radius 3 is 2.53 bits per heavy atom. The Hall–Kier alpha value is -3.24. The highest BCUT2D eigenvalue weighted by Crippen LogP contribution is 2.67. The van der Waals surface area contributed by atoms with Gasteiger partial charge in [0.05, 0.1) is 12.2 Å². The van der Waals surface area contributed by atoms with Gasteiger partial charge in [-0.3, -0.25) is 14.6 Å². The van der Waals surface area contributed by atoms with Crippen molar-refractivity contribution in [1.29, 1.82) is 0 Å². The van der Waals surface area contributed by atoms with Crippen molar-refractivity contribution in [3.63, 3.8) is 0 Å². The van der Waals surface area contributed by atoms with E-state index < -0.39 is 58.2 Å². The summed E-state index contributed by atoms with van der Waals surface area (Å²) in [6.07, 6.45) is 2.56. The zero-order chi connectivity index (χ0) is 31.3. The predicted octanol–water partition coefficient (Wildman–Crippen LogP) is 4.86. The molecule has 234 valence electrons. The van der Waals surface area contributed by atoms with Gasteiger partial charge in [-0.15, -0.1) is 0 Å². The van der Waals surface area contributed by atoms with Crippen LogP contribution in [0.15, 0.2) is 39.8 Å². The molecule has 0 spiro atoms. The number of fused-ring (bicyclic) bond motifs is 4. The molecule has 0 bridgehead atoms. The Bertz CT molecular complexity index is 1420. The molecule has 10 heteroatoms. The van der Waals surface area contributed by atoms with Crippen molar-refractivity contribution in [3.8, 4) is 17.1 Å². The van der Waals surface area contributed by atoms with E-state index in [9.17, 15) is 19.5 Å². The lowest BCUT2D eigenvalue weighted by atomic mass is 9.42. The Labute approximate surface area is 252 Å². The minimum absolute atomic E-state index is 0.0328. The molecule has 0 saturated heterocycles. The number of rotatable bonds is 7. The third kappa shape index (κ3) is 5.37. The molecule has 2 saturated carbocycles. The van der Waals surface area contributed by atoms with Crippen LogP contribution in [0.1, 0.15) is 79.4 Å². The molecule has 1 aliphatic heterocycles. The summed E-state index contributed by atoms with van der Waals surface area (Å²) in [5.74, 6) is -0.875. The molecule has 0 amide bonds. The second-order valence-corrected chi connectivity index (χ2v) is 13.6. The lowest BCUT2D eigenvalue weighted by Crippen LogP contribution is -2.71. The quantitative estimate of drug-likeness (QED) is 0.441. The number of carbonyl (C=O) groups excluding carboxylic acids is 2. The summed E-state index contributed by atoms with van der Waals surface area (Å²) < 4.78 is 30.6. The first-order valence-electron chi connectivity index (χ1n) is 15.1. The van der Waals surface area contributed by atoms with E-state index in [1.807, 2.05) is 13.8 Å². The van der Waals surface area contributed by atoms with Crippen LogP contribution in [0, 0.1) is 28.6 Å². The van der Waals surface area contributed by atoms with Gasteiger partial charge in [0.15, 0.2) is 0 Å². The lowest BCUT2D eigenvalue weighted by molar-refractivity contribution is -0.275. The van der Waals surface area contributed by atoms with Gasteiger partial charge in [-0.25, -0.2) is 4.79 Å². The molecular weight excluding hydrogens is 554 g/mol. The standard InChI is InChI=1S/C33H43NO9/c1-18(2)16-39-26-14-24-31(5,11-10-25(41-20(4)36)32(24,6)17-40-19(3)35)29-28(37)27-23(43-33(26,29)7)13-22(42-30(27)38)21-9-8-12-34-15-21/h8-9,12-13,15,18,24-26,28-29,37H,10-11,14,16-17H2,1-7H3/t24?,25-,26-,28-,29?,31-,32?,33+/m0/s1. The fraction of sp³-hybridized carbons (Fsp3) is 0.636. The highest BCUT2D eigenvalue weighted by atomic mass is 16.6. The maximum atomic E-state index is 13.5. The van der Waals surface area contributed by atoms with Crippen LogP contribution >= 0.6 is 0 Å². The monoisotopic (exact) mass is 597 g/mol. The fourth-order valence-electron chi connectivity index (χ4n) is 8.21. The van der Waals surface area contributed by atoms with Crippen molar-refractivity contribution < 1.29 is 38.1 Å². The van der Waals surface area contributed by atoms with E-state index in [1.165, 1.54) is 13.8 Å². The summed E-state index contributed by atoms with van der Waals surface area (Å²) in [5.41, 5.74) is -2.43. The van der Waals surface area contributed by atoms with Gasteiger partial charge in [0.25, 0.3) is 0 Å². The summed E-state index contributed by atoms with van der Waals surface area (Å²) in [5, 5.41) is 12.2. The Morgan fingerprint density at radius 2 is 1.91 bits per heavy atom. The summed E-state index contributed by atoms with van der Waals surface area (Å²) in [4.78, 5) is 41.8. The van der Waals surface area contributed by atoms with Crippen LogP contribution in [0.4, 0.5) is 0 Å². The van der Waals surface area contributed by atoms with Crippen LogP contribution in [0.5, 0.6) is 5.75 Å². The molecule has 10 nitrogen and oxygen atoms in total. The molecule has 0 aromatic carbocycles. The Morgan fingerprint density at radius 1 is 1.16 bits per heavy atom. The van der Waals surface area contributed by atoms with E-state index in [-0.39, 0.29) is 29.8 Å². The number of esters is 2. The fourth-order valence-corrected chi connectivity index (χ4v) is 8.21. The molecule has 0 radical (unpaired) electrons. The zero-order valence-corrected chi connectivity index (χ0v) is 26.0. The second-order valence-electron chi connectivity index (χ2n) is 13.6. The first kappa shape index (κ1) is 31.2. The molecular formula is C33H43NO9. The zero-order valence-electron chi connectivity index (χ0n) is 26.0. The molecule has 3 aliphatic rings. The van der Waals surface area contributed by atoms with Gasteiger partial charge in [-0.1, -0.05) is 27.7 Å². The van der Waals surface area contributed by atoms with Gasteiger partial charge < -0.3 is 28.5 Å². The molecule has 2 fully saturated rings. The summed E-state index contributed by atoms with van der Waals surface area (Å²) in [7, 11) is 0. The van der Waals surface area contributed by atoms with Crippen LogP contribution in [0.3, 0.4) is 0 Å². The number of aromatic nitrogens is 1. The minimum atomic E-state index is -1.23. The minimum Gasteiger partial charge on any atom is -0.484 e. The third-order valence-corrected chi connectivity index (χ3v) is 10.1. The van der Waals surface area contributed by atoms with Crippen LogP contribution < -0.4 is 10.4 Å². The van der Waals surface area contributed by atoms with Crippen molar-refractivity contribution in [2.75, 3.05) is 13.2 Å². The van der Waals surface area contributed by atoms with Crippen molar-refractivity contribution in [2.45, 2.75) is 91.6 Å². The largest absolute Gasteiger partial charge is 0.484 e. The van der Waals surface area contributed by atoms with E-state index in [0.717, 1.165) is 0 Å². The maximum absolute atomic E-state index is 13.5. The average molecular weight is 598 g/mol. The Balaban J connectivity index is 1.65. The normalized spacial score (nSPS) is 34.8. The highest BCUT2D eigenvalue weighted by molar-refractivity contribution is 5.67.